The Bertz CT molecular complexity index is 363. The van der Waals surface area contributed by atoms with E-state index >= 15 is 0 Å². The minimum Gasteiger partial charge on any atom is -0.330 e. The van der Waals surface area contributed by atoms with E-state index in [1.807, 2.05) is 12.1 Å². The molecule has 1 aromatic carbocycles. The highest BCUT2D eigenvalue weighted by molar-refractivity contribution is 5.17. The van der Waals surface area contributed by atoms with Gasteiger partial charge in [0.1, 0.15) is 5.82 Å². The van der Waals surface area contributed by atoms with Crippen molar-refractivity contribution in [3.63, 3.8) is 0 Å². The second-order valence-corrected chi connectivity index (χ2v) is 5.42. The van der Waals surface area contributed by atoms with Gasteiger partial charge in [0, 0.05) is 12.6 Å². The number of nitrogens with two attached hydrogens (primary N) is 1. The average molecular weight is 250 g/mol. The molecule has 0 aliphatic carbocycles. The molecule has 2 nitrogen and oxygen atoms in total. The Morgan fingerprint density at radius 1 is 1.39 bits per heavy atom. The third-order valence-electron chi connectivity index (χ3n) is 3.95. The van der Waals surface area contributed by atoms with Crippen LogP contribution in [-0.4, -0.2) is 30.6 Å². The van der Waals surface area contributed by atoms with E-state index in [1.165, 1.54) is 24.9 Å². The predicted molar refractivity (Wildman–Crippen MR) is 72.9 cm³/mol. The van der Waals surface area contributed by atoms with E-state index in [0.717, 1.165) is 19.5 Å². The van der Waals surface area contributed by atoms with Crippen LogP contribution in [0.2, 0.25) is 0 Å². The summed E-state index contributed by atoms with van der Waals surface area (Å²) in [6.07, 6.45) is 3.49. The van der Waals surface area contributed by atoms with E-state index in [0.29, 0.717) is 12.0 Å². The van der Waals surface area contributed by atoms with Gasteiger partial charge in [0.25, 0.3) is 0 Å². The summed E-state index contributed by atoms with van der Waals surface area (Å²) in [5, 5.41) is 0. The maximum atomic E-state index is 12.9. The van der Waals surface area contributed by atoms with Gasteiger partial charge >= 0.3 is 0 Å². The molecule has 0 spiro atoms. The Balaban J connectivity index is 1.90. The molecule has 1 aliphatic heterocycles. The van der Waals surface area contributed by atoms with Gasteiger partial charge in [-0.2, -0.15) is 0 Å². The van der Waals surface area contributed by atoms with Crippen LogP contribution < -0.4 is 5.73 Å². The number of likely N-dealkylation sites (tertiary alicyclic amines) is 1. The molecule has 2 N–H and O–H groups in total. The molecule has 2 atom stereocenters. The Labute approximate surface area is 109 Å². The van der Waals surface area contributed by atoms with Gasteiger partial charge in [0.2, 0.25) is 0 Å². The van der Waals surface area contributed by atoms with Gasteiger partial charge in [-0.15, -0.1) is 0 Å². The molecule has 0 aromatic heterocycles. The molecule has 0 bridgehead atoms. The van der Waals surface area contributed by atoms with Crippen molar-refractivity contribution in [2.24, 2.45) is 11.7 Å². The summed E-state index contributed by atoms with van der Waals surface area (Å²) in [6, 6.07) is 7.36. The lowest BCUT2D eigenvalue weighted by molar-refractivity contribution is 0.134. The first kappa shape index (κ1) is 13.5. The first-order valence-corrected chi connectivity index (χ1v) is 6.87. The lowest BCUT2D eigenvalue weighted by Gasteiger charge is -2.36. The van der Waals surface area contributed by atoms with E-state index in [-0.39, 0.29) is 5.82 Å². The number of benzene rings is 1. The summed E-state index contributed by atoms with van der Waals surface area (Å²) in [4.78, 5) is 2.52. The molecule has 0 amide bonds. The van der Waals surface area contributed by atoms with E-state index in [9.17, 15) is 4.39 Å². The molecule has 1 aromatic rings. The lowest BCUT2D eigenvalue weighted by atomic mass is 9.95. The number of rotatable bonds is 4. The quantitative estimate of drug-likeness (QED) is 0.889. The third kappa shape index (κ3) is 3.53. The second kappa shape index (κ2) is 6.30. The maximum Gasteiger partial charge on any atom is 0.123 e. The zero-order valence-corrected chi connectivity index (χ0v) is 11.1. The SMILES string of the molecule is CC(Cc1ccc(F)cc1)N1CCCC(CN)C1. The first-order chi connectivity index (χ1) is 8.69. The van der Waals surface area contributed by atoms with Gasteiger partial charge < -0.3 is 10.6 Å². The summed E-state index contributed by atoms with van der Waals surface area (Å²) in [6.45, 7) is 5.32. The van der Waals surface area contributed by atoms with Crippen molar-refractivity contribution in [3.05, 3.63) is 35.6 Å². The second-order valence-electron chi connectivity index (χ2n) is 5.42. The highest BCUT2D eigenvalue weighted by Crippen LogP contribution is 2.19. The van der Waals surface area contributed by atoms with E-state index in [2.05, 4.69) is 11.8 Å². The van der Waals surface area contributed by atoms with Crippen LogP contribution in [0.3, 0.4) is 0 Å². The van der Waals surface area contributed by atoms with Crippen molar-refractivity contribution in [2.75, 3.05) is 19.6 Å². The van der Waals surface area contributed by atoms with Gasteiger partial charge in [0.05, 0.1) is 0 Å². The third-order valence-corrected chi connectivity index (χ3v) is 3.95. The van der Waals surface area contributed by atoms with E-state index in [1.54, 1.807) is 12.1 Å². The smallest absolute Gasteiger partial charge is 0.123 e. The fourth-order valence-electron chi connectivity index (χ4n) is 2.78. The zero-order chi connectivity index (χ0) is 13.0. The lowest BCUT2D eigenvalue weighted by Crippen LogP contribution is -2.44. The van der Waals surface area contributed by atoms with Gasteiger partial charge in [-0.05, 0) is 62.9 Å². The Kier molecular flexibility index (Phi) is 4.72. The number of piperidine rings is 1. The molecule has 1 fully saturated rings. The minimum absolute atomic E-state index is 0.160. The zero-order valence-electron chi connectivity index (χ0n) is 11.1. The minimum atomic E-state index is -0.160. The molecule has 0 saturated carbocycles. The van der Waals surface area contributed by atoms with Crippen molar-refractivity contribution in [2.45, 2.75) is 32.2 Å². The molecular formula is C15H23FN2. The Morgan fingerprint density at radius 2 is 2.11 bits per heavy atom. The van der Waals surface area contributed by atoms with Crippen LogP contribution in [0.1, 0.15) is 25.3 Å². The van der Waals surface area contributed by atoms with E-state index < -0.39 is 0 Å². The first-order valence-electron chi connectivity index (χ1n) is 6.87. The fourth-order valence-corrected chi connectivity index (χ4v) is 2.78. The van der Waals surface area contributed by atoms with Crippen LogP contribution in [0, 0.1) is 11.7 Å². The summed E-state index contributed by atoms with van der Waals surface area (Å²) in [5.74, 6) is 0.488. The number of nitrogens with zero attached hydrogens (tertiary/aromatic N) is 1. The van der Waals surface area contributed by atoms with Crippen molar-refractivity contribution in [3.8, 4) is 0 Å². The molecule has 100 valence electrons. The van der Waals surface area contributed by atoms with Crippen LogP contribution in [-0.2, 0) is 6.42 Å². The Hall–Kier alpha value is -0.930. The number of halogens is 1. The van der Waals surface area contributed by atoms with Crippen molar-refractivity contribution in [1.29, 1.82) is 0 Å². The number of hydrogen-bond acceptors (Lipinski definition) is 2. The van der Waals surface area contributed by atoms with Crippen LogP contribution in [0.15, 0.2) is 24.3 Å². The van der Waals surface area contributed by atoms with E-state index in [4.69, 9.17) is 5.73 Å². The van der Waals surface area contributed by atoms with Gasteiger partial charge in [-0.25, -0.2) is 4.39 Å². The molecular weight excluding hydrogens is 227 g/mol. The predicted octanol–water partition coefficient (Wildman–Crippen LogP) is 2.43. The van der Waals surface area contributed by atoms with Crippen LogP contribution >= 0.6 is 0 Å². The van der Waals surface area contributed by atoms with Gasteiger partial charge in [0.15, 0.2) is 0 Å². The van der Waals surface area contributed by atoms with Crippen LogP contribution in [0.4, 0.5) is 4.39 Å². The average Bonchev–Trinajstić information content (AvgIpc) is 2.41. The highest BCUT2D eigenvalue weighted by Gasteiger charge is 2.22. The van der Waals surface area contributed by atoms with Crippen molar-refractivity contribution in [1.82, 2.24) is 4.90 Å². The molecule has 18 heavy (non-hydrogen) atoms. The molecule has 0 radical (unpaired) electrons. The van der Waals surface area contributed by atoms with Crippen LogP contribution in [0.5, 0.6) is 0 Å². The fraction of sp³-hybridized carbons (Fsp3) is 0.600. The molecule has 1 saturated heterocycles. The van der Waals surface area contributed by atoms with Gasteiger partial charge in [-0.1, -0.05) is 12.1 Å². The van der Waals surface area contributed by atoms with Crippen molar-refractivity contribution >= 4 is 0 Å². The van der Waals surface area contributed by atoms with Gasteiger partial charge in [-0.3, -0.25) is 0 Å². The molecule has 1 aliphatic rings. The molecule has 3 heteroatoms. The standard InChI is InChI=1S/C15H23FN2/c1-12(9-13-4-6-15(16)7-5-13)18-8-2-3-14(10-17)11-18/h4-7,12,14H,2-3,8-11,17H2,1H3. The topological polar surface area (TPSA) is 29.3 Å². The summed E-state index contributed by atoms with van der Waals surface area (Å²) in [5.41, 5.74) is 6.97. The van der Waals surface area contributed by atoms with Crippen molar-refractivity contribution < 1.29 is 4.39 Å². The number of hydrogen-bond donors (Lipinski definition) is 1. The van der Waals surface area contributed by atoms with Crippen LogP contribution in [0.25, 0.3) is 0 Å². The Morgan fingerprint density at radius 3 is 2.78 bits per heavy atom. The largest absolute Gasteiger partial charge is 0.330 e. The molecule has 1 heterocycles. The molecule has 2 unspecified atom stereocenters. The summed E-state index contributed by atoms with van der Waals surface area (Å²) < 4.78 is 12.9. The monoisotopic (exact) mass is 250 g/mol. The molecule has 2 rings (SSSR count). The normalized spacial score (nSPS) is 22.9. The maximum absolute atomic E-state index is 12.9. The highest BCUT2D eigenvalue weighted by atomic mass is 19.1. The summed E-state index contributed by atoms with van der Waals surface area (Å²) >= 11 is 0. The summed E-state index contributed by atoms with van der Waals surface area (Å²) in [7, 11) is 0.